The van der Waals surface area contributed by atoms with Crippen molar-refractivity contribution in [2.45, 2.75) is 32.4 Å². The van der Waals surface area contributed by atoms with Crippen molar-refractivity contribution in [3.05, 3.63) is 34.9 Å². The summed E-state index contributed by atoms with van der Waals surface area (Å²) >= 11 is 1.89. The van der Waals surface area contributed by atoms with E-state index in [2.05, 4.69) is 11.8 Å². The number of thioether (sulfide) groups is 1. The topological polar surface area (TPSA) is 43.9 Å². The van der Waals surface area contributed by atoms with Crippen LogP contribution in [0.15, 0.2) is 18.2 Å². The van der Waals surface area contributed by atoms with Gasteiger partial charge in [0, 0.05) is 54.9 Å². The SMILES string of the molecule is CCN1CCCC1CN1Cc2ccc(C(=O)N3CCSCC3)cc2C1=O. The number of likely N-dealkylation sites (tertiary alicyclic amines) is 1. The maximum Gasteiger partial charge on any atom is 0.254 e. The Hall–Kier alpha value is -1.53. The lowest BCUT2D eigenvalue weighted by atomic mass is 10.1. The Morgan fingerprint density at radius 2 is 2.04 bits per heavy atom. The Kier molecular flexibility index (Phi) is 5.23. The number of carbonyl (C=O) groups excluding carboxylic acids is 2. The third-order valence-electron chi connectivity index (χ3n) is 5.87. The number of amides is 2. The molecule has 2 amide bonds. The summed E-state index contributed by atoms with van der Waals surface area (Å²) in [4.78, 5) is 32.0. The molecule has 0 N–H and O–H groups in total. The van der Waals surface area contributed by atoms with E-state index in [0.717, 1.165) is 55.4 Å². The van der Waals surface area contributed by atoms with Crippen molar-refractivity contribution in [2.75, 3.05) is 44.2 Å². The molecule has 0 spiro atoms. The van der Waals surface area contributed by atoms with E-state index in [9.17, 15) is 9.59 Å². The fraction of sp³-hybridized carbons (Fsp3) is 0.600. The second-order valence-electron chi connectivity index (χ2n) is 7.39. The maximum absolute atomic E-state index is 12.9. The van der Waals surface area contributed by atoms with E-state index in [-0.39, 0.29) is 11.8 Å². The number of carbonyl (C=O) groups is 2. The van der Waals surface area contributed by atoms with Crippen LogP contribution in [0.4, 0.5) is 0 Å². The zero-order valence-electron chi connectivity index (χ0n) is 15.4. The molecule has 3 heterocycles. The average Bonchev–Trinajstić information content (AvgIpc) is 3.26. The molecule has 2 saturated heterocycles. The molecule has 1 unspecified atom stereocenters. The molecule has 5 nitrogen and oxygen atoms in total. The average molecular weight is 374 g/mol. The van der Waals surface area contributed by atoms with Gasteiger partial charge in [-0.25, -0.2) is 0 Å². The second kappa shape index (κ2) is 7.61. The Labute approximate surface area is 159 Å². The highest BCUT2D eigenvalue weighted by Gasteiger charge is 2.33. The first-order valence-electron chi connectivity index (χ1n) is 9.70. The molecule has 3 aliphatic rings. The van der Waals surface area contributed by atoms with Crippen LogP contribution in [0.1, 0.15) is 46.0 Å². The number of rotatable bonds is 4. The lowest BCUT2D eigenvalue weighted by Crippen LogP contribution is -2.40. The highest BCUT2D eigenvalue weighted by atomic mass is 32.2. The monoisotopic (exact) mass is 373 g/mol. The van der Waals surface area contributed by atoms with E-state index < -0.39 is 0 Å². The first-order chi connectivity index (χ1) is 12.7. The molecule has 0 radical (unpaired) electrons. The van der Waals surface area contributed by atoms with E-state index in [4.69, 9.17) is 0 Å². The van der Waals surface area contributed by atoms with Crippen molar-refractivity contribution in [1.29, 1.82) is 0 Å². The summed E-state index contributed by atoms with van der Waals surface area (Å²) in [6.45, 7) is 7.46. The van der Waals surface area contributed by atoms with Crippen LogP contribution in [-0.4, -0.2) is 76.8 Å². The molecule has 0 aromatic heterocycles. The summed E-state index contributed by atoms with van der Waals surface area (Å²) in [6.07, 6.45) is 2.39. The van der Waals surface area contributed by atoms with Gasteiger partial charge in [-0.3, -0.25) is 14.5 Å². The smallest absolute Gasteiger partial charge is 0.254 e. The Morgan fingerprint density at radius 3 is 2.81 bits per heavy atom. The van der Waals surface area contributed by atoms with Gasteiger partial charge in [0.2, 0.25) is 0 Å². The van der Waals surface area contributed by atoms with Gasteiger partial charge in [0.05, 0.1) is 0 Å². The van der Waals surface area contributed by atoms with E-state index >= 15 is 0 Å². The van der Waals surface area contributed by atoms with E-state index in [1.165, 1.54) is 12.8 Å². The van der Waals surface area contributed by atoms with Crippen LogP contribution >= 0.6 is 11.8 Å². The number of benzene rings is 1. The molecule has 2 fully saturated rings. The molecule has 26 heavy (non-hydrogen) atoms. The van der Waals surface area contributed by atoms with Gasteiger partial charge < -0.3 is 9.80 Å². The standard InChI is InChI=1S/C20H27N3O2S/c1-2-21-7-3-4-17(21)14-23-13-16-6-5-15(12-18(16)20(23)25)19(24)22-8-10-26-11-9-22/h5-6,12,17H,2-4,7-11,13-14H2,1H3. The molecule has 0 saturated carbocycles. The molecule has 1 aromatic rings. The van der Waals surface area contributed by atoms with Crippen LogP contribution in [0.5, 0.6) is 0 Å². The van der Waals surface area contributed by atoms with Gasteiger partial charge in [-0.15, -0.1) is 0 Å². The van der Waals surface area contributed by atoms with E-state index in [0.29, 0.717) is 18.2 Å². The van der Waals surface area contributed by atoms with Crippen molar-refractivity contribution in [2.24, 2.45) is 0 Å². The minimum atomic E-state index is 0.0623. The Bertz CT molecular complexity index is 702. The molecule has 1 aromatic carbocycles. The molecule has 140 valence electrons. The number of fused-ring (bicyclic) bond motifs is 1. The van der Waals surface area contributed by atoms with Gasteiger partial charge in [0.1, 0.15) is 0 Å². The van der Waals surface area contributed by atoms with Crippen molar-refractivity contribution < 1.29 is 9.59 Å². The van der Waals surface area contributed by atoms with Gasteiger partial charge in [-0.1, -0.05) is 13.0 Å². The van der Waals surface area contributed by atoms with Gasteiger partial charge >= 0.3 is 0 Å². The minimum absolute atomic E-state index is 0.0623. The minimum Gasteiger partial charge on any atom is -0.337 e. The van der Waals surface area contributed by atoms with Gasteiger partial charge in [0.15, 0.2) is 0 Å². The summed E-state index contributed by atoms with van der Waals surface area (Å²) in [6, 6.07) is 6.18. The van der Waals surface area contributed by atoms with Gasteiger partial charge in [0.25, 0.3) is 11.8 Å². The largest absolute Gasteiger partial charge is 0.337 e. The summed E-state index contributed by atoms with van der Waals surface area (Å²) in [7, 11) is 0. The zero-order valence-corrected chi connectivity index (χ0v) is 16.3. The third kappa shape index (κ3) is 3.37. The lowest BCUT2D eigenvalue weighted by molar-refractivity contribution is 0.0731. The molecule has 1 atom stereocenters. The summed E-state index contributed by atoms with van der Waals surface area (Å²) < 4.78 is 0. The second-order valence-corrected chi connectivity index (χ2v) is 8.61. The number of likely N-dealkylation sites (N-methyl/N-ethyl adjacent to an activating group) is 1. The first-order valence-corrected chi connectivity index (χ1v) is 10.9. The lowest BCUT2D eigenvalue weighted by Gasteiger charge is -2.27. The number of hydrogen-bond donors (Lipinski definition) is 0. The Balaban J connectivity index is 1.47. The van der Waals surface area contributed by atoms with Crippen molar-refractivity contribution >= 4 is 23.6 Å². The molecule has 0 bridgehead atoms. The molecular formula is C20H27N3O2S. The summed E-state index contributed by atoms with van der Waals surface area (Å²) in [5.74, 6) is 2.15. The third-order valence-corrected chi connectivity index (χ3v) is 6.81. The van der Waals surface area contributed by atoms with Crippen molar-refractivity contribution in [3.8, 4) is 0 Å². The van der Waals surface area contributed by atoms with Crippen molar-refractivity contribution in [1.82, 2.24) is 14.7 Å². The normalized spacial score (nSPS) is 23.6. The fourth-order valence-corrected chi connectivity index (χ4v) is 5.27. The van der Waals surface area contributed by atoms with Crippen molar-refractivity contribution in [3.63, 3.8) is 0 Å². The van der Waals surface area contributed by atoms with Crippen LogP contribution in [0, 0.1) is 0 Å². The Morgan fingerprint density at radius 1 is 1.23 bits per heavy atom. The quantitative estimate of drug-likeness (QED) is 0.812. The summed E-state index contributed by atoms with van der Waals surface area (Å²) in [5.41, 5.74) is 2.44. The molecule has 6 heteroatoms. The molecule has 0 aliphatic carbocycles. The number of hydrogen-bond acceptors (Lipinski definition) is 4. The molecule has 4 rings (SSSR count). The van der Waals surface area contributed by atoms with Crippen LogP contribution in [0.2, 0.25) is 0 Å². The first kappa shape index (κ1) is 17.9. The van der Waals surface area contributed by atoms with Crippen LogP contribution in [0.25, 0.3) is 0 Å². The fourth-order valence-electron chi connectivity index (χ4n) is 4.36. The van der Waals surface area contributed by atoms with Crippen LogP contribution in [-0.2, 0) is 6.54 Å². The predicted octanol–water partition coefficient (Wildman–Crippen LogP) is 2.32. The zero-order chi connectivity index (χ0) is 18.1. The molecular weight excluding hydrogens is 346 g/mol. The maximum atomic E-state index is 12.9. The summed E-state index contributed by atoms with van der Waals surface area (Å²) in [5, 5.41) is 0. The highest BCUT2D eigenvalue weighted by molar-refractivity contribution is 7.99. The number of nitrogens with zero attached hydrogens (tertiary/aromatic N) is 3. The van der Waals surface area contributed by atoms with E-state index in [1.54, 1.807) is 0 Å². The predicted molar refractivity (Wildman–Crippen MR) is 105 cm³/mol. The van der Waals surface area contributed by atoms with E-state index in [1.807, 2.05) is 39.8 Å². The van der Waals surface area contributed by atoms with Crippen LogP contribution in [0.3, 0.4) is 0 Å². The van der Waals surface area contributed by atoms with Gasteiger partial charge in [-0.05, 0) is 43.6 Å². The molecule has 3 aliphatic heterocycles. The van der Waals surface area contributed by atoms with Gasteiger partial charge in [-0.2, -0.15) is 11.8 Å². The highest BCUT2D eigenvalue weighted by Crippen LogP contribution is 2.27. The van der Waals surface area contributed by atoms with Crippen LogP contribution < -0.4 is 0 Å².